The first-order chi connectivity index (χ1) is 9.63. The van der Waals surface area contributed by atoms with Crippen molar-refractivity contribution in [3.8, 4) is 0 Å². The first-order valence-corrected chi connectivity index (χ1v) is 6.23. The minimum absolute atomic E-state index is 0.0181. The van der Waals surface area contributed by atoms with E-state index >= 15 is 0 Å². The summed E-state index contributed by atoms with van der Waals surface area (Å²) in [6.45, 7) is 0. The van der Waals surface area contributed by atoms with Crippen LogP contribution in [0.15, 0.2) is 42.9 Å². The van der Waals surface area contributed by atoms with Crippen LogP contribution in [0.25, 0.3) is 5.78 Å². The zero-order valence-electron chi connectivity index (χ0n) is 10.2. The maximum Gasteiger partial charge on any atom is 0.270 e. The monoisotopic (exact) mass is 288 g/mol. The van der Waals surface area contributed by atoms with Gasteiger partial charge in [0.05, 0.1) is 15.6 Å². The van der Waals surface area contributed by atoms with Gasteiger partial charge < -0.3 is 0 Å². The van der Waals surface area contributed by atoms with Crippen LogP contribution in [0.5, 0.6) is 0 Å². The van der Waals surface area contributed by atoms with Gasteiger partial charge in [-0.1, -0.05) is 17.7 Å². The van der Waals surface area contributed by atoms with E-state index in [0.29, 0.717) is 17.2 Å². The van der Waals surface area contributed by atoms with Crippen molar-refractivity contribution in [2.24, 2.45) is 0 Å². The molecule has 3 aromatic rings. The first-order valence-electron chi connectivity index (χ1n) is 5.85. The van der Waals surface area contributed by atoms with Gasteiger partial charge in [-0.15, -0.1) is 0 Å². The lowest BCUT2D eigenvalue weighted by atomic mass is 10.1. The number of aromatic nitrogens is 3. The van der Waals surface area contributed by atoms with Gasteiger partial charge in [0.25, 0.3) is 5.69 Å². The van der Waals surface area contributed by atoms with Crippen molar-refractivity contribution < 1.29 is 4.92 Å². The molecule has 0 unspecified atom stereocenters. The van der Waals surface area contributed by atoms with E-state index in [4.69, 9.17) is 11.6 Å². The van der Waals surface area contributed by atoms with Crippen LogP contribution < -0.4 is 0 Å². The van der Waals surface area contributed by atoms with Gasteiger partial charge in [0.1, 0.15) is 0 Å². The maximum absolute atomic E-state index is 10.7. The van der Waals surface area contributed by atoms with Crippen LogP contribution in [0.4, 0.5) is 5.69 Å². The molecule has 3 rings (SSSR count). The Hall–Kier alpha value is -2.47. The number of halogens is 1. The van der Waals surface area contributed by atoms with E-state index in [1.165, 1.54) is 12.1 Å². The summed E-state index contributed by atoms with van der Waals surface area (Å²) >= 11 is 6.07. The van der Waals surface area contributed by atoms with Crippen LogP contribution in [0, 0.1) is 10.1 Å². The fourth-order valence-corrected chi connectivity index (χ4v) is 2.19. The van der Waals surface area contributed by atoms with Crippen molar-refractivity contribution in [3.63, 3.8) is 0 Å². The average molecular weight is 289 g/mol. The van der Waals surface area contributed by atoms with Crippen LogP contribution >= 0.6 is 11.6 Å². The van der Waals surface area contributed by atoms with E-state index in [-0.39, 0.29) is 5.69 Å². The molecule has 0 aliphatic rings. The summed E-state index contributed by atoms with van der Waals surface area (Å²) in [7, 11) is 0. The second kappa shape index (κ2) is 4.90. The van der Waals surface area contributed by atoms with Gasteiger partial charge in [-0.05, 0) is 11.6 Å². The van der Waals surface area contributed by atoms with E-state index < -0.39 is 4.92 Å². The molecule has 7 heteroatoms. The van der Waals surface area contributed by atoms with Gasteiger partial charge >= 0.3 is 0 Å². The number of nitro groups is 1. The molecule has 2 aromatic heterocycles. The molecule has 0 aliphatic carbocycles. The highest BCUT2D eigenvalue weighted by Gasteiger charge is 2.11. The average Bonchev–Trinajstić information content (AvgIpc) is 2.83. The van der Waals surface area contributed by atoms with E-state index in [0.717, 1.165) is 11.3 Å². The molecule has 0 atom stereocenters. The summed E-state index contributed by atoms with van der Waals surface area (Å²) in [4.78, 5) is 18.7. The number of benzene rings is 1. The summed E-state index contributed by atoms with van der Waals surface area (Å²) in [6, 6.07) is 6.26. The highest BCUT2D eigenvalue weighted by Crippen LogP contribution is 2.24. The molecule has 0 spiro atoms. The van der Waals surface area contributed by atoms with Gasteiger partial charge in [-0.25, -0.2) is 9.97 Å². The molecular formula is C13H9ClN4O2. The topological polar surface area (TPSA) is 73.3 Å². The molecule has 1 aromatic carbocycles. The molecule has 100 valence electrons. The summed E-state index contributed by atoms with van der Waals surface area (Å²) in [5.74, 6) is 0.612. The SMILES string of the molecule is O=[N+]([O-])c1ccc(Cc2cn3cccnc3n2)c(Cl)c1. The number of hydrogen-bond donors (Lipinski definition) is 0. The number of hydrogen-bond acceptors (Lipinski definition) is 4. The van der Waals surface area contributed by atoms with Gasteiger partial charge in [0.15, 0.2) is 0 Å². The summed E-state index contributed by atoms with van der Waals surface area (Å²) in [6.07, 6.45) is 5.89. The van der Waals surface area contributed by atoms with E-state index in [9.17, 15) is 10.1 Å². The molecule has 0 radical (unpaired) electrons. The Balaban J connectivity index is 1.92. The number of nitro benzene ring substituents is 1. The van der Waals surface area contributed by atoms with Crippen LogP contribution in [-0.4, -0.2) is 19.3 Å². The van der Waals surface area contributed by atoms with Crippen molar-refractivity contribution in [1.82, 2.24) is 14.4 Å². The zero-order valence-corrected chi connectivity index (χ0v) is 11.0. The second-order valence-electron chi connectivity index (χ2n) is 4.27. The minimum Gasteiger partial charge on any atom is -0.291 e. The Morgan fingerprint density at radius 1 is 1.40 bits per heavy atom. The molecule has 0 amide bonds. The molecular weight excluding hydrogens is 280 g/mol. The van der Waals surface area contributed by atoms with Crippen LogP contribution in [0.3, 0.4) is 0 Å². The van der Waals surface area contributed by atoms with Gasteiger partial charge in [0, 0.05) is 37.1 Å². The maximum atomic E-state index is 10.7. The number of fused-ring (bicyclic) bond motifs is 1. The number of nitrogens with zero attached hydrogens (tertiary/aromatic N) is 4. The van der Waals surface area contributed by atoms with Crippen molar-refractivity contribution >= 4 is 23.1 Å². The molecule has 2 heterocycles. The van der Waals surface area contributed by atoms with Crippen LogP contribution in [0.2, 0.25) is 5.02 Å². The predicted molar refractivity (Wildman–Crippen MR) is 73.9 cm³/mol. The lowest BCUT2D eigenvalue weighted by Gasteiger charge is -2.01. The zero-order chi connectivity index (χ0) is 14.1. The smallest absolute Gasteiger partial charge is 0.270 e. The fourth-order valence-electron chi connectivity index (χ4n) is 1.95. The number of rotatable bonds is 3. The van der Waals surface area contributed by atoms with E-state index in [2.05, 4.69) is 9.97 Å². The minimum atomic E-state index is -0.468. The standard InChI is InChI=1S/C13H9ClN4O2/c14-12-7-11(18(19)20)3-2-9(12)6-10-8-17-5-1-4-15-13(17)16-10/h1-5,7-8H,6H2. The van der Waals surface area contributed by atoms with Crippen LogP contribution in [-0.2, 0) is 6.42 Å². The van der Waals surface area contributed by atoms with Gasteiger partial charge in [0.2, 0.25) is 5.78 Å². The lowest BCUT2D eigenvalue weighted by Crippen LogP contribution is -1.93. The van der Waals surface area contributed by atoms with Crippen molar-refractivity contribution in [3.05, 3.63) is 69.3 Å². The predicted octanol–water partition coefficient (Wildman–Crippen LogP) is 2.88. The molecule has 0 fully saturated rings. The molecule has 20 heavy (non-hydrogen) atoms. The quantitative estimate of drug-likeness (QED) is 0.549. The molecule has 0 N–H and O–H groups in total. The third-order valence-electron chi connectivity index (χ3n) is 2.90. The lowest BCUT2D eigenvalue weighted by molar-refractivity contribution is -0.384. The Morgan fingerprint density at radius 3 is 2.95 bits per heavy atom. The summed E-state index contributed by atoms with van der Waals surface area (Å²) in [5.41, 5.74) is 1.58. The molecule has 0 saturated carbocycles. The summed E-state index contributed by atoms with van der Waals surface area (Å²) < 4.78 is 1.81. The van der Waals surface area contributed by atoms with Crippen molar-refractivity contribution in [2.45, 2.75) is 6.42 Å². The van der Waals surface area contributed by atoms with E-state index in [1.807, 2.05) is 22.9 Å². The highest BCUT2D eigenvalue weighted by atomic mass is 35.5. The Kier molecular flexibility index (Phi) is 3.08. The number of imidazole rings is 1. The normalized spacial score (nSPS) is 10.8. The second-order valence-corrected chi connectivity index (χ2v) is 4.68. The van der Waals surface area contributed by atoms with Gasteiger partial charge in [-0.3, -0.25) is 14.5 Å². The Bertz CT molecular complexity index is 767. The number of non-ortho nitro benzene ring substituents is 1. The third-order valence-corrected chi connectivity index (χ3v) is 3.26. The van der Waals surface area contributed by atoms with Crippen LogP contribution in [0.1, 0.15) is 11.3 Å². The summed E-state index contributed by atoms with van der Waals surface area (Å²) in [5, 5.41) is 11.0. The van der Waals surface area contributed by atoms with Crippen molar-refractivity contribution in [2.75, 3.05) is 0 Å². The molecule has 0 aliphatic heterocycles. The molecule has 0 bridgehead atoms. The highest BCUT2D eigenvalue weighted by molar-refractivity contribution is 6.31. The van der Waals surface area contributed by atoms with Gasteiger partial charge in [-0.2, -0.15) is 0 Å². The molecule has 6 nitrogen and oxygen atoms in total. The Morgan fingerprint density at radius 2 is 2.25 bits per heavy atom. The molecule has 0 saturated heterocycles. The largest absolute Gasteiger partial charge is 0.291 e. The Labute approximate surface area is 118 Å². The third kappa shape index (κ3) is 2.33. The van der Waals surface area contributed by atoms with E-state index in [1.54, 1.807) is 12.3 Å². The first kappa shape index (κ1) is 12.6. The van der Waals surface area contributed by atoms with Crippen molar-refractivity contribution in [1.29, 1.82) is 0 Å². The fraction of sp³-hybridized carbons (Fsp3) is 0.0769.